The summed E-state index contributed by atoms with van der Waals surface area (Å²) in [5.41, 5.74) is 7.07. The lowest BCUT2D eigenvalue weighted by atomic mass is 10.1. The highest BCUT2D eigenvalue weighted by atomic mass is 16.5. The molecule has 1 rings (SSSR count). The van der Waals surface area contributed by atoms with Crippen LogP contribution in [0.2, 0.25) is 0 Å². The summed E-state index contributed by atoms with van der Waals surface area (Å²) in [6.45, 7) is 6.41. The Morgan fingerprint density at radius 1 is 1.40 bits per heavy atom. The Morgan fingerprint density at radius 3 is 2.60 bits per heavy atom. The summed E-state index contributed by atoms with van der Waals surface area (Å²) < 4.78 is 5.50. The van der Waals surface area contributed by atoms with Crippen molar-refractivity contribution in [2.45, 2.75) is 25.8 Å². The molecule has 0 fully saturated rings. The minimum absolute atomic E-state index is 0.132. The van der Waals surface area contributed by atoms with E-state index in [4.69, 9.17) is 10.5 Å². The molecule has 0 unspecified atom stereocenters. The minimum Gasteiger partial charge on any atom is -0.493 e. The van der Waals surface area contributed by atoms with Gasteiger partial charge in [0, 0.05) is 6.04 Å². The highest BCUT2D eigenvalue weighted by molar-refractivity contribution is 5.28. The fraction of sp³-hybridized carbons (Fsp3) is 0.385. The second-order valence-corrected chi connectivity index (χ2v) is 3.51. The van der Waals surface area contributed by atoms with E-state index in [0.29, 0.717) is 6.61 Å². The lowest BCUT2D eigenvalue weighted by Gasteiger charge is -2.10. The molecule has 0 aliphatic heterocycles. The van der Waals surface area contributed by atoms with Crippen LogP contribution in [0.3, 0.4) is 0 Å². The van der Waals surface area contributed by atoms with Gasteiger partial charge in [0.25, 0.3) is 0 Å². The number of ether oxygens (including phenoxy) is 1. The Balaban J connectivity index is 2.52. The van der Waals surface area contributed by atoms with Gasteiger partial charge >= 0.3 is 0 Å². The van der Waals surface area contributed by atoms with Crippen molar-refractivity contribution >= 4 is 0 Å². The minimum atomic E-state index is 0.132. The van der Waals surface area contributed by atoms with E-state index in [1.54, 1.807) is 0 Å². The van der Waals surface area contributed by atoms with E-state index >= 15 is 0 Å². The maximum Gasteiger partial charge on any atom is 0.119 e. The molecule has 1 atom stereocenters. The molecule has 0 heterocycles. The van der Waals surface area contributed by atoms with E-state index in [1.165, 1.54) is 0 Å². The molecule has 15 heavy (non-hydrogen) atoms. The second-order valence-electron chi connectivity index (χ2n) is 3.51. The van der Waals surface area contributed by atoms with Gasteiger partial charge in [-0.15, -0.1) is 6.58 Å². The van der Waals surface area contributed by atoms with Gasteiger partial charge < -0.3 is 10.5 Å². The number of hydrogen-bond acceptors (Lipinski definition) is 2. The topological polar surface area (TPSA) is 35.2 Å². The normalized spacial score (nSPS) is 12.1. The third-order valence-corrected chi connectivity index (χ3v) is 2.34. The Labute approximate surface area is 91.7 Å². The molecule has 0 saturated carbocycles. The van der Waals surface area contributed by atoms with Crippen LogP contribution in [0.15, 0.2) is 36.9 Å². The van der Waals surface area contributed by atoms with Crippen molar-refractivity contribution in [1.82, 2.24) is 0 Å². The molecule has 0 saturated heterocycles. The summed E-state index contributed by atoms with van der Waals surface area (Å²) in [6, 6.07) is 8.11. The summed E-state index contributed by atoms with van der Waals surface area (Å²) in [7, 11) is 0. The molecule has 0 aliphatic carbocycles. The Hall–Kier alpha value is -1.28. The third-order valence-electron chi connectivity index (χ3n) is 2.34. The molecule has 0 radical (unpaired) electrons. The molecule has 1 aromatic carbocycles. The van der Waals surface area contributed by atoms with E-state index < -0.39 is 0 Å². The predicted octanol–water partition coefficient (Wildman–Crippen LogP) is 3.05. The smallest absolute Gasteiger partial charge is 0.119 e. The molecular weight excluding hydrogens is 186 g/mol. The predicted molar refractivity (Wildman–Crippen MR) is 64.0 cm³/mol. The SMILES string of the molecule is C=CCCOc1ccc([C@H](N)CC)cc1. The second kappa shape index (κ2) is 6.25. The van der Waals surface area contributed by atoms with Crippen LogP contribution in [0.25, 0.3) is 0 Å². The van der Waals surface area contributed by atoms with Crippen LogP contribution in [-0.2, 0) is 0 Å². The molecule has 1 aromatic rings. The zero-order valence-electron chi connectivity index (χ0n) is 9.28. The largest absolute Gasteiger partial charge is 0.493 e. The van der Waals surface area contributed by atoms with Crippen molar-refractivity contribution < 1.29 is 4.74 Å². The summed E-state index contributed by atoms with van der Waals surface area (Å²) in [5.74, 6) is 0.893. The fourth-order valence-corrected chi connectivity index (χ4v) is 1.31. The van der Waals surface area contributed by atoms with E-state index in [9.17, 15) is 0 Å². The molecular formula is C13H19NO. The standard InChI is InChI=1S/C13H19NO/c1-3-5-10-15-12-8-6-11(7-9-12)13(14)4-2/h3,6-9,13H,1,4-5,10,14H2,2H3/t13-/m1/s1. The average molecular weight is 205 g/mol. The number of hydrogen-bond donors (Lipinski definition) is 1. The van der Waals surface area contributed by atoms with Crippen LogP contribution in [-0.4, -0.2) is 6.61 Å². The van der Waals surface area contributed by atoms with Crippen molar-refractivity contribution in [2.24, 2.45) is 5.73 Å². The molecule has 2 heteroatoms. The quantitative estimate of drug-likeness (QED) is 0.572. The monoisotopic (exact) mass is 205 g/mol. The van der Waals surface area contributed by atoms with Crippen molar-refractivity contribution in [2.75, 3.05) is 6.61 Å². The van der Waals surface area contributed by atoms with Crippen molar-refractivity contribution in [3.8, 4) is 5.75 Å². The zero-order chi connectivity index (χ0) is 11.1. The lowest BCUT2D eigenvalue weighted by molar-refractivity contribution is 0.325. The van der Waals surface area contributed by atoms with Gasteiger partial charge in [0.15, 0.2) is 0 Å². The number of nitrogens with two attached hydrogens (primary N) is 1. The molecule has 0 aliphatic rings. The van der Waals surface area contributed by atoms with Crippen LogP contribution < -0.4 is 10.5 Å². The maximum absolute atomic E-state index is 5.91. The summed E-state index contributed by atoms with van der Waals surface area (Å²) >= 11 is 0. The van der Waals surface area contributed by atoms with Crippen molar-refractivity contribution in [3.05, 3.63) is 42.5 Å². The number of benzene rings is 1. The Kier molecular flexibility index (Phi) is 4.91. The van der Waals surface area contributed by atoms with Crippen LogP contribution in [0, 0.1) is 0 Å². The molecule has 2 N–H and O–H groups in total. The van der Waals surface area contributed by atoms with E-state index in [0.717, 1.165) is 24.2 Å². The van der Waals surface area contributed by atoms with Gasteiger partial charge in [-0.1, -0.05) is 25.1 Å². The van der Waals surface area contributed by atoms with E-state index in [2.05, 4.69) is 13.5 Å². The first kappa shape index (κ1) is 11.8. The summed E-state index contributed by atoms with van der Waals surface area (Å²) in [4.78, 5) is 0. The zero-order valence-corrected chi connectivity index (χ0v) is 9.28. The Bertz CT molecular complexity index is 292. The van der Waals surface area contributed by atoms with E-state index in [-0.39, 0.29) is 6.04 Å². The van der Waals surface area contributed by atoms with Crippen molar-refractivity contribution in [1.29, 1.82) is 0 Å². The average Bonchev–Trinajstić information content (AvgIpc) is 2.29. The van der Waals surface area contributed by atoms with Gasteiger partial charge in [-0.3, -0.25) is 0 Å². The van der Waals surface area contributed by atoms with Crippen LogP contribution in [0.5, 0.6) is 5.75 Å². The van der Waals surface area contributed by atoms with Gasteiger partial charge in [0.1, 0.15) is 5.75 Å². The molecule has 0 aromatic heterocycles. The molecule has 0 amide bonds. The molecule has 2 nitrogen and oxygen atoms in total. The van der Waals surface area contributed by atoms with Gasteiger partial charge in [-0.05, 0) is 30.5 Å². The molecule has 0 spiro atoms. The van der Waals surface area contributed by atoms with E-state index in [1.807, 2.05) is 30.3 Å². The first-order valence-corrected chi connectivity index (χ1v) is 5.37. The number of rotatable bonds is 6. The highest BCUT2D eigenvalue weighted by Crippen LogP contribution is 2.18. The highest BCUT2D eigenvalue weighted by Gasteiger charge is 2.02. The van der Waals surface area contributed by atoms with Gasteiger partial charge in [0.2, 0.25) is 0 Å². The van der Waals surface area contributed by atoms with Crippen LogP contribution in [0.1, 0.15) is 31.4 Å². The Morgan fingerprint density at radius 2 is 2.07 bits per heavy atom. The van der Waals surface area contributed by atoms with Gasteiger partial charge in [-0.2, -0.15) is 0 Å². The first-order chi connectivity index (χ1) is 7.27. The van der Waals surface area contributed by atoms with Gasteiger partial charge in [0.05, 0.1) is 6.61 Å². The summed E-state index contributed by atoms with van der Waals surface area (Å²) in [5, 5.41) is 0. The first-order valence-electron chi connectivity index (χ1n) is 5.37. The molecule has 82 valence electrons. The van der Waals surface area contributed by atoms with Crippen LogP contribution in [0.4, 0.5) is 0 Å². The lowest BCUT2D eigenvalue weighted by Crippen LogP contribution is -2.08. The van der Waals surface area contributed by atoms with Crippen LogP contribution >= 0.6 is 0 Å². The summed E-state index contributed by atoms with van der Waals surface area (Å²) in [6.07, 6.45) is 3.67. The van der Waals surface area contributed by atoms with Gasteiger partial charge in [-0.25, -0.2) is 0 Å². The van der Waals surface area contributed by atoms with Crippen molar-refractivity contribution in [3.63, 3.8) is 0 Å². The third kappa shape index (κ3) is 3.76. The maximum atomic E-state index is 5.91. The molecule has 0 bridgehead atoms. The fourth-order valence-electron chi connectivity index (χ4n) is 1.31.